The third-order valence-corrected chi connectivity index (χ3v) is 3.37. The number of nitrogens with two attached hydrogens (primary N) is 1. The molecule has 0 spiro atoms. The SMILES string of the molecule is CC1(C)CN(CCNC(=O)c2cccc(N)c2)CCO1. The van der Waals surface area contributed by atoms with Crippen molar-refractivity contribution in [1.82, 2.24) is 10.2 Å². The molecular weight excluding hydrogens is 254 g/mol. The molecule has 110 valence electrons. The third-order valence-electron chi connectivity index (χ3n) is 3.37. The average Bonchev–Trinajstić information content (AvgIpc) is 2.37. The minimum atomic E-state index is -0.101. The predicted molar refractivity (Wildman–Crippen MR) is 79.7 cm³/mol. The molecule has 1 aromatic carbocycles. The van der Waals surface area contributed by atoms with E-state index in [0.29, 0.717) is 17.8 Å². The van der Waals surface area contributed by atoms with Crippen molar-refractivity contribution in [3.8, 4) is 0 Å². The largest absolute Gasteiger partial charge is 0.399 e. The van der Waals surface area contributed by atoms with Gasteiger partial charge < -0.3 is 15.8 Å². The van der Waals surface area contributed by atoms with Crippen LogP contribution in [0, 0.1) is 0 Å². The summed E-state index contributed by atoms with van der Waals surface area (Å²) < 4.78 is 5.66. The fourth-order valence-electron chi connectivity index (χ4n) is 2.41. The summed E-state index contributed by atoms with van der Waals surface area (Å²) in [7, 11) is 0. The second-order valence-electron chi connectivity index (χ2n) is 5.77. The van der Waals surface area contributed by atoms with Crippen molar-refractivity contribution in [2.45, 2.75) is 19.4 Å². The van der Waals surface area contributed by atoms with Crippen LogP contribution in [-0.4, -0.2) is 49.2 Å². The molecule has 0 bridgehead atoms. The molecule has 1 amide bonds. The molecule has 0 aromatic heterocycles. The summed E-state index contributed by atoms with van der Waals surface area (Å²) >= 11 is 0. The van der Waals surface area contributed by atoms with E-state index in [1.807, 2.05) is 0 Å². The molecule has 0 saturated carbocycles. The second kappa shape index (κ2) is 6.24. The summed E-state index contributed by atoms with van der Waals surface area (Å²) in [4.78, 5) is 14.3. The van der Waals surface area contributed by atoms with E-state index in [1.54, 1.807) is 24.3 Å². The van der Waals surface area contributed by atoms with Crippen LogP contribution >= 0.6 is 0 Å². The Kier molecular flexibility index (Phi) is 4.62. The van der Waals surface area contributed by atoms with E-state index in [1.165, 1.54) is 0 Å². The molecule has 1 aliphatic heterocycles. The number of benzene rings is 1. The lowest BCUT2D eigenvalue weighted by Crippen LogP contribution is -2.50. The Morgan fingerprint density at radius 2 is 2.30 bits per heavy atom. The Bertz CT molecular complexity index is 474. The predicted octanol–water partition coefficient (Wildman–Crippen LogP) is 1.11. The van der Waals surface area contributed by atoms with Crippen molar-refractivity contribution in [1.29, 1.82) is 0 Å². The van der Waals surface area contributed by atoms with Crippen LogP contribution in [0.2, 0.25) is 0 Å². The summed E-state index contributed by atoms with van der Waals surface area (Å²) in [6.45, 7) is 8.19. The van der Waals surface area contributed by atoms with Crippen LogP contribution in [0.4, 0.5) is 5.69 Å². The van der Waals surface area contributed by atoms with Crippen LogP contribution < -0.4 is 11.1 Å². The molecule has 20 heavy (non-hydrogen) atoms. The van der Waals surface area contributed by atoms with Crippen LogP contribution in [0.1, 0.15) is 24.2 Å². The van der Waals surface area contributed by atoms with Gasteiger partial charge in [0.1, 0.15) is 0 Å². The Labute approximate surface area is 120 Å². The first-order chi connectivity index (χ1) is 9.46. The molecule has 1 saturated heterocycles. The van der Waals surface area contributed by atoms with E-state index in [0.717, 1.165) is 26.2 Å². The first-order valence-electron chi connectivity index (χ1n) is 6.96. The minimum Gasteiger partial charge on any atom is -0.399 e. The minimum absolute atomic E-state index is 0.0789. The molecule has 1 fully saturated rings. The molecule has 3 N–H and O–H groups in total. The maximum Gasteiger partial charge on any atom is 0.251 e. The maximum absolute atomic E-state index is 12.0. The lowest BCUT2D eigenvalue weighted by Gasteiger charge is -2.38. The van der Waals surface area contributed by atoms with Gasteiger partial charge in [0.25, 0.3) is 5.91 Å². The highest BCUT2D eigenvalue weighted by Crippen LogP contribution is 2.15. The van der Waals surface area contributed by atoms with Crippen LogP contribution in [0.3, 0.4) is 0 Å². The van der Waals surface area contributed by atoms with Gasteiger partial charge in [0.2, 0.25) is 0 Å². The number of amides is 1. The molecule has 1 heterocycles. The summed E-state index contributed by atoms with van der Waals surface area (Å²) in [5.41, 5.74) is 6.78. The van der Waals surface area contributed by atoms with Crippen molar-refractivity contribution in [2.75, 3.05) is 38.5 Å². The number of carbonyl (C=O) groups is 1. The van der Waals surface area contributed by atoms with Crippen molar-refractivity contribution < 1.29 is 9.53 Å². The number of nitrogens with one attached hydrogen (secondary N) is 1. The first-order valence-corrected chi connectivity index (χ1v) is 6.96. The van der Waals surface area contributed by atoms with Crippen molar-refractivity contribution in [2.24, 2.45) is 0 Å². The lowest BCUT2D eigenvalue weighted by molar-refractivity contribution is -0.0853. The van der Waals surface area contributed by atoms with E-state index in [-0.39, 0.29) is 11.5 Å². The number of hydrogen-bond donors (Lipinski definition) is 2. The zero-order chi connectivity index (χ0) is 14.6. The van der Waals surface area contributed by atoms with E-state index < -0.39 is 0 Å². The fourth-order valence-corrected chi connectivity index (χ4v) is 2.41. The topological polar surface area (TPSA) is 67.6 Å². The third kappa shape index (κ3) is 4.21. The lowest BCUT2D eigenvalue weighted by atomic mass is 10.1. The van der Waals surface area contributed by atoms with Crippen LogP contribution in [-0.2, 0) is 4.74 Å². The number of carbonyl (C=O) groups excluding carboxylic acids is 1. The Balaban J connectivity index is 1.77. The van der Waals surface area contributed by atoms with Gasteiger partial charge in [-0.3, -0.25) is 9.69 Å². The van der Waals surface area contributed by atoms with Crippen LogP contribution in [0.15, 0.2) is 24.3 Å². The fraction of sp³-hybridized carbons (Fsp3) is 0.533. The summed E-state index contributed by atoms with van der Waals surface area (Å²) in [6.07, 6.45) is 0. The van der Waals surface area contributed by atoms with E-state index in [2.05, 4.69) is 24.1 Å². The molecule has 0 aliphatic carbocycles. The molecule has 0 atom stereocenters. The van der Waals surface area contributed by atoms with E-state index >= 15 is 0 Å². The van der Waals surface area contributed by atoms with Gasteiger partial charge in [-0.1, -0.05) is 6.07 Å². The first kappa shape index (κ1) is 14.8. The van der Waals surface area contributed by atoms with Gasteiger partial charge in [-0.25, -0.2) is 0 Å². The monoisotopic (exact) mass is 277 g/mol. The number of morpholine rings is 1. The number of nitrogen functional groups attached to an aromatic ring is 1. The standard InChI is InChI=1S/C15H23N3O2/c1-15(2)11-18(8-9-20-15)7-6-17-14(19)12-4-3-5-13(16)10-12/h3-5,10H,6-9,11,16H2,1-2H3,(H,17,19). The number of anilines is 1. The molecule has 2 rings (SSSR count). The van der Waals surface area contributed by atoms with Crippen molar-refractivity contribution >= 4 is 11.6 Å². The van der Waals surface area contributed by atoms with Gasteiger partial charge in [-0.05, 0) is 32.0 Å². The molecule has 1 aliphatic rings. The Hall–Kier alpha value is -1.59. The average molecular weight is 277 g/mol. The van der Waals surface area contributed by atoms with Crippen LogP contribution in [0.25, 0.3) is 0 Å². The summed E-state index contributed by atoms with van der Waals surface area (Å²) in [6, 6.07) is 7.01. The summed E-state index contributed by atoms with van der Waals surface area (Å²) in [5, 5.41) is 2.92. The molecular formula is C15H23N3O2. The highest BCUT2D eigenvalue weighted by molar-refractivity contribution is 5.94. The van der Waals surface area contributed by atoms with Gasteiger partial charge in [0.05, 0.1) is 12.2 Å². The van der Waals surface area contributed by atoms with E-state index in [4.69, 9.17) is 10.5 Å². The molecule has 1 aromatic rings. The van der Waals surface area contributed by atoms with Crippen molar-refractivity contribution in [3.05, 3.63) is 29.8 Å². The highest BCUT2D eigenvalue weighted by atomic mass is 16.5. The van der Waals surface area contributed by atoms with Gasteiger partial charge in [0.15, 0.2) is 0 Å². The van der Waals surface area contributed by atoms with Gasteiger partial charge in [0, 0.05) is 37.4 Å². The number of nitrogens with zero attached hydrogens (tertiary/aromatic N) is 1. The van der Waals surface area contributed by atoms with Gasteiger partial charge in [-0.2, -0.15) is 0 Å². The Morgan fingerprint density at radius 1 is 1.50 bits per heavy atom. The Morgan fingerprint density at radius 3 is 3.00 bits per heavy atom. The number of ether oxygens (including phenoxy) is 1. The normalized spacial score (nSPS) is 18.7. The van der Waals surface area contributed by atoms with Gasteiger partial charge in [-0.15, -0.1) is 0 Å². The molecule has 0 unspecified atom stereocenters. The quantitative estimate of drug-likeness (QED) is 0.809. The maximum atomic E-state index is 12.0. The highest BCUT2D eigenvalue weighted by Gasteiger charge is 2.26. The molecule has 0 radical (unpaired) electrons. The molecule has 5 heteroatoms. The zero-order valence-electron chi connectivity index (χ0n) is 12.2. The van der Waals surface area contributed by atoms with Crippen molar-refractivity contribution in [3.63, 3.8) is 0 Å². The number of hydrogen-bond acceptors (Lipinski definition) is 4. The smallest absolute Gasteiger partial charge is 0.251 e. The van der Waals surface area contributed by atoms with E-state index in [9.17, 15) is 4.79 Å². The molecule has 5 nitrogen and oxygen atoms in total. The van der Waals surface area contributed by atoms with Crippen LogP contribution in [0.5, 0.6) is 0 Å². The van der Waals surface area contributed by atoms with Gasteiger partial charge >= 0.3 is 0 Å². The summed E-state index contributed by atoms with van der Waals surface area (Å²) in [5.74, 6) is -0.0789. The zero-order valence-corrected chi connectivity index (χ0v) is 12.2. The second-order valence-corrected chi connectivity index (χ2v) is 5.77. The number of rotatable bonds is 4.